The number of halogens is 1. The lowest BCUT2D eigenvalue weighted by Crippen LogP contribution is -2.36. The van der Waals surface area contributed by atoms with Crippen LogP contribution in [0.25, 0.3) is 22.2 Å². The van der Waals surface area contributed by atoms with Crippen LogP contribution in [0.4, 0.5) is 5.82 Å². The number of anilines is 1. The van der Waals surface area contributed by atoms with Gasteiger partial charge in [0.1, 0.15) is 5.82 Å². The second-order valence-corrected chi connectivity index (χ2v) is 6.29. The number of nitrogens with two attached hydrogens (primary N) is 1. The molecule has 2 heterocycles. The number of hydrogen-bond acceptors (Lipinski definition) is 6. The fraction of sp³-hybridized carbons (Fsp3) is 0.250. The molecule has 6 nitrogen and oxygen atoms in total. The Morgan fingerprint density at radius 1 is 1.07 bits per heavy atom. The molecule has 0 amide bonds. The summed E-state index contributed by atoms with van der Waals surface area (Å²) in [5.74, 6) is 0.863. The number of nitrogens with zero attached hydrogens (tertiary/aromatic N) is 3. The normalized spacial score (nSPS) is 13.8. The second kappa shape index (κ2) is 8.90. The highest BCUT2D eigenvalue weighted by molar-refractivity contribution is 6.33. The van der Waals surface area contributed by atoms with Gasteiger partial charge >= 0.3 is 0 Å². The number of carbonyl (C=O) groups excluding carboxylic acids is 1. The van der Waals surface area contributed by atoms with Crippen LogP contribution < -0.4 is 10.6 Å². The summed E-state index contributed by atoms with van der Waals surface area (Å²) in [6.45, 7) is 3.06. The van der Waals surface area contributed by atoms with Gasteiger partial charge in [0.15, 0.2) is 6.29 Å². The Morgan fingerprint density at radius 2 is 1.78 bits per heavy atom. The van der Waals surface area contributed by atoms with Crippen molar-refractivity contribution in [1.29, 1.82) is 0 Å². The second-order valence-electron chi connectivity index (χ2n) is 5.89. The molecule has 1 saturated heterocycles. The first kappa shape index (κ1) is 19.2. The number of hydrogen-bond donors (Lipinski definition) is 1. The van der Waals surface area contributed by atoms with Gasteiger partial charge in [0.05, 0.1) is 35.5 Å². The maximum absolute atomic E-state index is 10.9. The molecule has 27 heavy (non-hydrogen) atoms. The molecular weight excluding hydrogens is 364 g/mol. The lowest BCUT2D eigenvalue weighted by Gasteiger charge is -2.27. The molecule has 0 saturated carbocycles. The van der Waals surface area contributed by atoms with Crippen LogP contribution in [-0.2, 0) is 4.74 Å². The van der Waals surface area contributed by atoms with Gasteiger partial charge in [-0.25, -0.2) is 4.98 Å². The van der Waals surface area contributed by atoms with Gasteiger partial charge in [0.25, 0.3) is 0 Å². The number of fused-ring (bicyclic) bond motifs is 1. The Balaban J connectivity index is 0.00000102. The molecule has 3 aromatic rings. The van der Waals surface area contributed by atoms with Crippen LogP contribution in [0.1, 0.15) is 10.4 Å². The minimum absolute atomic E-state index is 0.445. The van der Waals surface area contributed by atoms with Crippen LogP contribution in [0.15, 0.2) is 42.6 Å². The van der Waals surface area contributed by atoms with Crippen LogP contribution in [0, 0.1) is 0 Å². The van der Waals surface area contributed by atoms with Gasteiger partial charge in [-0.2, -0.15) is 0 Å². The molecule has 0 atom stereocenters. The summed E-state index contributed by atoms with van der Waals surface area (Å²) < 4.78 is 5.39. The van der Waals surface area contributed by atoms with E-state index < -0.39 is 0 Å². The van der Waals surface area contributed by atoms with Crippen molar-refractivity contribution in [2.24, 2.45) is 5.73 Å². The van der Waals surface area contributed by atoms with Gasteiger partial charge in [-0.3, -0.25) is 9.78 Å². The average Bonchev–Trinajstić information content (AvgIpc) is 2.75. The van der Waals surface area contributed by atoms with E-state index in [-0.39, 0.29) is 0 Å². The zero-order chi connectivity index (χ0) is 19.2. The topological polar surface area (TPSA) is 81.3 Å². The number of morpholine rings is 1. The molecule has 1 aliphatic rings. The van der Waals surface area contributed by atoms with Crippen molar-refractivity contribution in [3.63, 3.8) is 0 Å². The average molecular weight is 385 g/mol. The van der Waals surface area contributed by atoms with E-state index in [1.807, 2.05) is 30.5 Å². The zero-order valence-electron chi connectivity index (χ0n) is 15.1. The van der Waals surface area contributed by atoms with E-state index in [4.69, 9.17) is 21.3 Å². The first-order valence-corrected chi connectivity index (χ1v) is 9.05. The summed E-state index contributed by atoms with van der Waals surface area (Å²) in [6.07, 6.45) is 2.57. The molecule has 0 aliphatic carbocycles. The lowest BCUT2D eigenvalue weighted by molar-refractivity contribution is 0.112. The SMILES string of the molecule is CN.O=Cc1ccc(-c2ccc3ncc(N4CCOCC4)nc3c2)cc1Cl. The molecule has 1 fully saturated rings. The van der Waals surface area contributed by atoms with Gasteiger partial charge < -0.3 is 15.4 Å². The fourth-order valence-corrected chi connectivity index (χ4v) is 3.15. The molecule has 1 aliphatic heterocycles. The highest BCUT2D eigenvalue weighted by Crippen LogP contribution is 2.27. The van der Waals surface area contributed by atoms with Crippen molar-refractivity contribution in [3.8, 4) is 11.1 Å². The van der Waals surface area contributed by atoms with Crippen LogP contribution in [-0.4, -0.2) is 49.6 Å². The Kier molecular flexibility index (Phi) is 6.34. The Labute approximate surface area is 162 Å². The molecule has 0 spiro atoms. The summed E-state index contributed by atoms with van der Waals surface area (Å²) in [6, 6.07) is 11.3. The predicted molar refractivity (Wildman–Crippen MR) is 109 cm³/mol. The van der Waals surface area contributed by atoms with Gasteiger partial charge in [0, 0.05) is 18.7 Å². The molecule has 0 unspecified atom stereocenters. The van der Waals surface area contributed by atoms with Gasteiger partial charge in [-0.05, 0) is 42.4 Å². The number of carbonyl (C=O) groups is 1. The quantitative estimate of drug-likeness (QED) is 0.698. The van der Waals surface area contributed by atoms with Gasteiger partial charge in [0.2, 0.25) is 0 Å². The van der Waals surface area contributed by atoms with Crippen molar-refractivity contribution in [1.82, 2.24) is 9.97 Å². The minimum atomic E-state index is 0.445. The van der Waals surface area contributed by atoms with E-state index in [9.17, 15) is 4.79 Å². The highest BCUT2D eigenvalue weighted by atomic mass is 35.5. The largest absolute Gasteiger partial charge is 0.378 e. The monoisotopic (exact) mass is 384 g/mol. The van der Waals surface area contributed by atoms with Crippen molar-refractivity contribution in [2.75, 3.05) is 38.3 Å². The maximum atomic E-state index is 10.9. The molecule has 2 N–H and O–H groups in total. The third kappa shape index (κ3) is 4.24. The Morgan fingerprint density at radius 3 is 2.48 bits per heavy atom. The standard InChI is InChI=1S/C19H16ClN3O2.CH5N/c20-16-9-13(1-2-15(16)12-24)14-3-4-17-18(10-14)22-19(11-21-17)23-5-7-25-8-6-23;1-2/h1-4,9-12H,5-8H2;2H2,1H3. The van der Waals surface area contributed by atoms with Gasteiger partial charge in [-0.1, -0.05) is 23.7 Å². The minimum Gasteiger partial charge on any atom is -0.378 e. The third-order valence-corrected chi connectivity index (χ3v) is 4.65. The summed E-state index contributed by atoms with van der Waals surface area (Å²) in [5, 5.41) is 0.445. The Bertz CT molecular complexity index is 942. The van der Waals surface area contributed by atoms with Crippen LogP contribution in [0.3, 0.4) is 0 Å². The molecule has 1 aromatic heterocycles. The first-order valence-electron chi connectivity index (χ1n) is 8.67. The van der Waals surface area contributed by atoms with E-state index in [0.29, 0.717) is 23.8 Å². The summed E-state index contributed by atoms with van der Waals surface area (Å²) in [7, 11) is 1.50. The summed E-state index contributed by atoms with van der Waals surface area (Å²) in [5.41, 5.74) is 8.59. The smallest absolute Gasteiger partial charge is 0.151 e. The molecule has 4 rings (SSSR count). The zero-order valence-corrected chi connectivity index (χ0v) is 15.8. The van der Waals surface area contributed by atoms with Crippen molar-refractivity contribution >= 4 is 34.7 Å². The van der Waals surface area contributed by atoms with Gasteiger partial charge in [-0.15, -0.1) is 0 Å². The number of benzene rings is 2. The van der Waals surface area contributed by atoms with E-state index >= 15 is 0 Å². The third-order valence-electron chi connectivity index (χ3n) is 4.33. The molecule has 0 radical (unpaired) electrons. The molecule has 140 valence electrons. The number of aromatic nitrogens is 2. The first-order chi connectivity index (χ1) is 13.2. The molecule has 7 heteroatoms. The highest BCUT2D eigenvalue weighted by Gasteiger charge is 2.13. The lowest BCUT2D eigenvalue weighted by atomic mass is 10.0. The molecule has 2 aromatic carbocycles. The predicted octanol–water partition coefficient (Wildman–Crippen LogP) is 3.17. The van der Waals surface area contributed by atoms with E-state index in [2.05, 4.69) is 15.6 Å². The van der Waals surface area contributed by atoms with Crippen molar-refractivity contribution < 1.29 is 9.53 Å². The van der Waals surface area contributed by atoms with Crippen LogP contribution >= 0.6 is 11.6 Å². The summed E-state index contributed by atoms with van der Waals surface area (Å²) >= 11 is 6.15. The van der Waals surface area contributed by atoms with Crippen LogP contribution in [0.2, 0.25) is 5.02 Å². The van der Waals surface area contributed by atoms with Crippen molar-refractivity contribution in [3.05, 3.63) is 53.2 Å². The van der Waals surface area contributed by atoms with Crippen molar-refractivity contribution in [2.45, 2.75) is 0 Å². The summed E-state index contributed by atoms with van der Waals surface area (Å²) in [4.78, 5) is 22.4. The van der Waals surface area contributed by atoms with E-state index in [0.717, 1.165) is 47.4 Å². The molecular formula is C20H21ClN4O2. The van der Waals surface area contributed by atoms with E-state index in [1.54, 1.807) is 12.1 Å². The Hall–Kier alpha value is -2.54. The number of aldehydes is 1. The van der Waals surface area contributed by atoms with Crippen LogP contribution in [0.5, 0.6) is 0 Å². The number of ether oxygens (including phenoxy) is 1. The fourth-order valence-electron chi connectivity index (χ4n) is 2.93. The molecule has 0 bridgehead atoms. The number of rotatable bonds is 3. The maximum Gasteiger partial charge on any atom is 0.151 e. The van der Waals surface area contributed by atoms with E-state index in [1.165, 1.54) is 7.05 Å².